The molecule has 0 radical (unpaired) electrons. The van der Waals surface area contributed by atoms with Crippen LogP contribution in [0.3, 0.4) is 0 Å². The predicted octanol–water partition coefficient (Wildman–Crippen LogP) is 5.66. The number of carbonyl (C=O) groups is 2. The summed E-state index contributed by atoms with van der Waals surface area (Å²) in [6.07, 6.45) is 3.68. The molecule has 3 aromatic heterocycles. The molecule has 5 rings (SSSR count). The van der Waals surface area contributed by atoms with Crippen molar-refractivity contribution in [1.82, 2.24) is 14.8 Å². The van der Waals surface area contributed by atoms with Crippen molar-refractivity contribution in [3.8, 4) is 22.5 Å². The molecule has 0 bridgehead atoms. The third kappa shape index (κ3) is 5.69. The minimum Gasteiger partial charge on any atom is -0.469 e. The Bertz CT molecular complexity index is 1410. The Kier molecular flexibility index (Phi) is 8.26. The van der Waals surface area contributed by atoms with Crippen molar-refractivity contribution in [3.05, 3.63) is 59.4 Å². The Balaban J connectivity index is 1.34. The predicted molar refractivity (Wildman–Crippen MR) is 147 cm³/mol. The summed E-state index contributed by atoms with van der Waals surface area (Å²) in [6, 6.07) is 11.4. The third-order valence-electron chi connectivity index (χ3n) is 6.17. The zero-order chi connectivity index (χ0) is 26.5. The van der Waals surface area contributed by atoms with Crippen molar-refractivity contribution in [1.29, 1.82) is 0 Å². The average molecular weight is 553 g/mol. The second-order valence-corrected chi connectivity index (χ2v) is 10.5. The number of aromatic nitrogens is 3. The zero-order valence-electron chi connectivity index (χ0n) is 21.1. The van der Waals surface area contributed by atoms with Crippen LogP contribution in [0.15, 0.2) is 57.6 Å². The number of nitrogens with one attached hydrogen (secondary N) is 1. The summed E-state index contributed by atoms with van der Waals surface area (Å²) in [5.74, 6) is 0.805. The number of anilines is 1. The summed E-state index contributed by atoms with van der Waals surface area (Å²) in [4.78, 5) is 25.9. The van der Waals surface area contributed by atoms with Gasteiger partial charge in [-0.25, -0.2) is 4.79 Å². The second kappa shape index (κ2) is 12.0. The molecule has 1 fully saturated rings. The van der Waals surface area contributed by atoms with Gasteiger partial charge in [0.05, 0.1) is 36.8 Å². The highest BCUT2D eigenvalue weighted by atomic mass is 32.2. The molecule has 0 aliphatic carbocycles. The van der Waals surface area contributed by atoms with E-state index in [4.69, 9.17) is 13.9 Å². The zero-order valence-corrected chi connectivity index (χ0v) is 22.8. The molecule has 1 aliphatic rings. The number of carbonyl (C=O) groups excluding carboxylic acids is 2. The van der Waals surface area contributed by atoms with Gasteiger partial charge in [0.1, 0.15) is 16.3 Å². The molecule has 1 aromatic carbocycles. The van der Waals surface area contributed by atoms with E-state index >= 15 is 0 Å². The number of thiophene rings is 1. The van der Waals surface area contributed by atoms with Crippen molar-refractivity contribution in [2.45, 2.75) is 44.5 Å². The number of benzene rings is 1. The largest absolute Gasteiger partial charge is 0.469 e. The van der Waals surface area contributed by atoms with Crippen LogP contribution in [0, 0.1) is 6.92 Å². The second-order valence-electron chi connectivity index (χ2n) is 8.72. The van der Waals surface area contributed by atoms with E-state index in [2.05, 4.69) is 15.5 Å². The van der Waals surface area contributed by atoms with Crippen LogP contribution in [0.5, 0.6) is 0 Å². The molecule has 4 heterocycles. The molecular weight excluding hydrogens is 524 g/mol. The van der Waals surface area contributed by atoms with Crippen LogP contribution in [0.2, 0.25) is 0 Å². The van der Waals surface area contributed by atoms with Crippen molar-refractivity contribution >= 4 is 40.0 Å². The van der Waals surface area contributed by atoms with Crippen molar-refractivity contribution in [3.63, 3.8) is 0 Å². The minimum atomic E-state index is -0.466. The van der Waals surface area contributed by atoms with Crippen molar-refractivity contribution in [2.75, 3.05) is 24.3 Å². The van der Waals surface area contributed by atoms with Gasteiger partial charge in [-0.05, 0) is 38.3 Å². The van der Waals surface area contributed by atoms with Crippen molar-refractivity contribution < 1.29 is 23.5 Å². The first-order chi connectivity index (χ1) is 18.5. The monoisotopic (exact) mass is 552 g/mol. The smallest absolute Gasteiger partial charge is 0.341 e. The van der Waals surface area contributed by atoms with Crippen LogP contribution in [0.25, 0.3) is 22.5 Å². The van der Waals surface area contributed by atoms with Gasteiger partial charge in [-0.3, -0.25) is 9.36 Å². The van der Waals surface area contributed by atoms with Gasteiger partial charge in [0, 0.05) is 17.6 Å². The number of ether oxygens (including phenoxy) is 2. The van der Waals surface area contributed by atoms with Gasteiger partial charge in [-0.15, -0.1) is 21.5 Å². The first kappa shape index (κ1) is 26.2. The molecule has 1 amide bonds. The SMILES string of the molecule is CCOC(=O)c1c(-c2ccccc2)csc1NC(=O)CSc1nnc(-c2ccoc2C)n1CC1CCCO1. The lowest BCUT2D eigenvalue weighted by molar-refractivity contribution is -0.113. The molecular formula is C27H28N4O5S2. The molecule has 1 atom stereocenters. The van der Waals surface area contributed by atoms with Crippen LogP contribution < -0.4 is 5.32 Å². The number of aryl methyl sites for hydroxylation is 1. The molecule has 4 aromatic rings. The number of furan rings is 1. The summed E-state index contributed by atoms with van der Waals surface area (Å²) >= 11 is 2.59. The van der Waals surface area contributed by atoms with Crippen LogP contribution in [0.1, 0.15) is 35.9 Å². The molecule has 38 heavy (non-hydrogen) atoms. The van der Waals surface area contributed by atoms with E-state index in [-0.39, 0.29) is 24.4 Å². The Hall–Kier alpha value is -3.41. The third-order valence-corrected chi connectivity index (χ3v) is 8.03. The topological polar surface area (TPSA) is 108 Å². The van der Waals surface area contributed by atoms with Gasteiger partial charge in [0.15, 0.2) is 11.0 Å². The summed E-state index contributed by atoms with van der Waals surface area (Å²) in [5.41, 5.74) is 2.83. The maximum atomic E-state index is 13.0. The van der Waals surface area contributed by atoms with Crippen LogP contribution in [-0.4, -0.2) is 51.7 Å². The van der Waals surface area contributed by atoms with Gasteiger partial charge in [0.25, 0.3) is 0 Å². The van der Waals surface area contributed by atoms with Gasteiger partial charge >= 0.3 is 5.97 Å². The lowest BCUT2D eigenvalue weighted by atomic mass is 10.0. The lowest BCUT2D eigenvalue weighted by Crippen LogP contribution is -2.18. The van der Waals surface area contributed by atoms with Crippen molar-refractivity contribution in [2.24, 2.45) is 0 Å². The quantitative estimate of drug-likeness (QED) is 0.198. The number of rotatable bonds is 10. The highest BCUT2D eigenvalue weighted by molar-refractivity contribution is 7.99. The van der Waals surface area contributed by atoms with Crippen LogP contribution in [-0.2, 0) is 20.8 Å². The first-order valence-corrected chi connectivity index (χ1v) is 14.3. The number of amides is 1. The molecule has 1 N–H and O–H groups in total. The Morgan fingerprint density at radius 3 is 2.76 bits per heavy atom. The molecule has 1 aliphatic heterocycles. The summed E-state index contributed by atoms with van der Waals surface area (Å²) in [6.45, 7) is 5.21. The van der Waals surface area contributed by atoms with E-state index in [1.807, 2.05) is 53.3 Å². The van der Waals surface area contributed by atoms with Crippen LogP contribution >= 0.6 is 23.1 Å². The minimum absolute atomic E-state index is 0.0693. The van der Waals surface area contributed by atoms with E-state index in [0.29, 0.717) is 28.1 Å². The Morgan fingerprint density at radius 1 is 1.21 bits per heavy atom. The molecule has 198 valence electrons. The molecule has 9 nitrogen and oxygen atoms in total. The summed E-state index contributed by atoms with van der Waals surface area (Å²) in [7, 11) is 0. The number of esters is 1. The fraction of sp³-hybridized carbons (Fsp3) is 0.333. The van der Waals surface area contributed by atoms with Gasteiger partial charge in [-0.1, -0.05) is 42.1 Å². The maximum Gasteiger partial charge on any atom is 0.341 e. The average Bonchev–Trinajstić information content (AvgIpc) is 3.72. The van der Waals surface area contributed by atoms with Gasteiger partial charge in [-0.2, -0.15) is 0 Å². The maximum absolute atomic E-state index is 13.0. The van der Waals surface area contributed by atoms with Gasteiger partial charge in [0.2, 0.25) is 5.91 Å². The van der Waals surface area contributed by atoms with E-state index in [0.717, 1.165) is 41.9 Å². The molecule has 11 heteroatoms. The number of nitrogens with zero attached hydrogens (tertiary/aromatic N) is 3. The molecule has 1 saturated heterocycles. The molecule has 0 saturated carbocycles. The highest BCUT2D eigenvalue weighted by Gasteiger charge is 2.25. The number of hydrogen-bond donors (Lipinski definition) is 1. The molecule has 0 spiro atoms. The first-order valence-electron chi connectivity index (χ1n) is 12.4. The normalized spacial score (nSPS) is 15.1. The van der Waals surface area contributed by atoms with E-state index in [1.165, 1.54) is 23.1 Å². The van der Waals surface area contributed by atoms with Gasteiger partial charge < -0.3 is 19.2 Å². The summed E-state index contributed by atoms with van der Waals surface area (Å²) < 4.78 is 18.6. The van der Waals surface area contributed by atoms with E-state index in [1.54, 1.807) is 13.2 Å². The number of hydrogen-bond acceptors (Lipinski definition) is 9. The number of thioether (sulfide) groups is 1. The lowest BCUT2D eigenvalue weighted by Gasteiger charge is -2.14. The summed E-state index contributed by atoms with van der Waals surface area (Å²) in [5, 5.41) is 14.6. The Morgan fingerprint density at radius 2 is 2.05 bits per heavy atom. The highest BCUT2D eigenvalue weighted by Crippen LogP contribution is 2.36. The fourth-order valence-corrected chi connectivity index (χ4v) is 6.07. The standard InChI is InChI=1S/C27H28N4O5S2/c1-3-34-26(33)23-21(18-8-5-4-6-9-18)15-37-25(23)28-22(32)16-38-27-30-29-24(20-11-13-35-17(20)2)31(27)14-19-10-7-12-36-19/h4-6,8-9,11,13,15,19H,3,7,10,12,14,16H2,1-2H3,(H,28,32). The van der Waals surface area contributed by atoms with E-state index < -0.39 is 5.97 Å². The van der Waals surface area contributed by atoms with E-state index in [9.17, 15) is 9.59 Å². The molecule has 1 unspecified atom stereocenters. The van der Waals surface area contributed by atoms with Crippen LogP contribution in [0.4, 0.5) is 5.00 Å². The fourth-order valence-electron chi connectivity index (χ4n) is 4.35. The Labute approximate surface area is 228 Å².